The third-order valence-corrected chi connectivity index (χ3v) is 4.29. The van der Waals surface area contributed by atoms with Crippen molar-refractivity contribution < 1.29 is 21.3 Å². The lowest BCUT2D eigenvalue weighted by molar-refractivity contribution is 0.0719. The van der Waals surface area contributed by atoms with E-state index in [2.05, 4.69) is 20.3 Å². The summed E-state index contributed by atoms with van der Waals surface area (Å²) in [5, 5.41) is 6.90. The van der Waals surface area contributed by atoms with E-state index in [-0.39, 0.29) is 28.7 Å². The molecule has 1 aromatic carbocycles. The van der Waals surface area contributed by atoms with Crippen molar-refractivity contribution in [1.82, 2.24) is 15.1 Å². The molecule has 0 aliphatic carbocycles. The SMILES string of the molecule is C#Cc1cc(OS(=O)(=O)F)cc(C(=O)N2Cc3cn[nH]c3C(C)C2)c1. The number of carbonyl (C=O) groups excluding carboxylic acids is 1. The van der Waals surface area contributed by atoms with Crippen LogP contribution in [0.25, 0.3) is 0 Å². The van der Waals surface area contributed by atoms with E-state index >= 15 is 0 Å². The summed E-state index contributed by atoms with van der Waals surface area (Å²) in [5.41, 5.74) is 2.21. The van der Waals surface area contributed by atoms with Crippen LogP contribution in [0.15, 0.2) is 24.4 Å². The zero-order valence-corrected chi connectivity index (χ0v) is 14.0. The van der Waals surface area contributed by atoms with Gasteiger partial charge < -0.3 is 9.08 Å². The zero-order valence-electron chi connectivity index (χ0n) is 13.2. The summed E-state index contributed by atoms with van der Waals surface area (Å²) in [6, 6.07) is 3.74. The summed E-state index contributed by atoms with van der Waals surface area (Å²) < 4.78 is 38.4. The van der Waals surface area contributed by atoms with Crippen molar-refractivity contribution >= 4 is 16.4 Å². The molecule has 1 aliphatic heterocycles. The van der Waals surface area contributed by atoms with Crippen LogP contribution in [0.4, 0.5) is 3.89 Å². The predicted molar refractivity (Wildman–Crippen MR) is 86.8 cm³/mol. The van der Waals surface area contributed by atoms with Crippen molar-refractivity contribution in [1.29, 1.82) is 0 Å². The van der Waals surface area contributed by atoms with Gasteiger partial charge >= 0.3 is 10.5 Å². The van der Waals surface area contributed by atoms with Gasteiger partial charge in [-0.3, -0.25) is 9.89 Å². The number of rotatable bonds is 3. The summed E-state index contributed by atoms with van der Waals surface area (Å²) in [5.74, 6) is 1.64. The Bertz CT molecular complexity index is 978. The number of halogens is 1. The topological polar surface area (TPSA) is 92.4 Å². The molecule has 3 rings (SSSR count). The average molecular weight is 363 g/mol. The quantitative estimate of drug-likeness (QED) is 0.662. The summed E-state index contributed by atoms with van der Waals surface area (Å²) >= 11 is 0. The minimum absolute atomic E-state index is 0.0629. The maximum absolute atomic E-state index is 12.8. The molecule has 0 spiro atoms. The molecule has 1 N–H and O–H groups in total. The van der Waals surface area contributed by atoms with Crippen LogP contribution >= 0.6 is 0 Å². The lowest BCUT2D eigenvalue weighted by Gasteiger charge is -2.30. The standard InChI is InChI=1S/C16H14FN3O4S/c1-3-11-4-12(6-14(5-11)24-25(17,22)23)16(21)20-8-10(2)15-13(9-20)7-18-19-15/h1,4-7,10H,8-9H2,2H3,(H,18,19). The molecule has 0 saturated heterocycles. The highest BCUT2D eigenvalue weighted by Gasteiger charge is 2.28. The lowest BCUT2D eigenvalue weighted by atomic mass is 9.97. The predicted octanol–water partition coefficient (Wildman–Crippen LogP) is 1.74. The molecule has 1 atom stereocenters. The number of fused-ring (bicyclic) bond motifs is 1. The minimum Gasteiger partial charge on any atom is -0.358 e. The van der Waals surface area contributed by atoms with E-state index in [9.17, 15) is 17.1 Å². The van der Waals surface area contributed by atoms with Crippen LogP contribution < -0.4 is 4.18 Å². The van der Waals surface area contributed by atoms with Crippen molar-refractivity contribution in [3.8, 4) is 18.1 Å². The van der Waals surface area contributed by atoms with Gasteiger partial charge in [0.1, 0.15) is 5.75 Å². The zero-order chi connectivity index (χ0) is 18.2. The molecule has 1 amide bonds. The maximum atomic E-state index is 12.8. The van der Waals surface area contributed by atoms with Crippen molar-refractivity contribution in [2.75, 3.05) is 6.54 Å². The summed E-state index contributed by atoms with van der Waals surface area (Å²) in [6.45, 7) is 2.76. The van der Waals surface area contributed by atoms with E-state index in [0.29, 0.717) is 13.1 Å². The van der Waals surface area contributed by atoms with Gasteiger partial charge in [-0.1, -0.05) is 16.7 Å². The second kappa shape index (κ2) is 6.22. The Morgan fingerprint density at radius 2 is 2.24 bits per heavy atom. The van der Waals surface area contributed by atoms with Gasteiger partial charge in [0.25, 0.3) is 5.91 Å². The van der Waals surface area contributed by atoms with Crippen LogP contribution in [0.3, 0.4) is 0 Å². The molecule has 0 bridgehead atoms. The number of terminal acetylenes is 1. The Balaban J connectivity index is 1.92. The first-order valence-corrected chi connectivity index (χ1v) is 8.65. The first kappa shape index (κ1) is 17.0. The summed E-state index contributed by atoms with van der Waals surface area (Å²) in [4.78, 5) is 14.4. The summed E-state index contributed by atoms with van der Waals surface area (Å²) in [7, 11) is -5.22. The smallest absolute Gasteiger partial charge is 0.358 e. The van der Waals surface area contributed by atoms with Crippen LogP contribution in [-0.2, 0) is 17.0 Å². The van der Waals surface area contributed by atoms with Crippen LogP contribution in [0.1, 0.15) is 40.0 Å². The van der Waals surface area contributed by atoms with Crippen LogP contribution in [-0.4, -0.2) is 36.0 Å². The van der Waals surface area contributed by atoms with Gasteiger partial charge in [-0.15, -0.1) is 6.42 Å². The monoisotopic (exact) mass is 363 g/mol. The highest BCUT2D eigenvalue weighted by Crippen LogP contribution is 2.28. The van der Waals surface area contributed by atoms with E-state index in [0.717, 1.165) is 17.3 Å². The second-order valence-corrected chi connectivity index (χ2v) is 6.72. The molecule has 7 nitrogen and oxygen atoms in total. The first-order valence-electron chi connectivity index (χ1n) is 7.34. The number of hydrogen-bond donors (Lipinski definition) is 1. The molecular formula is C16H14FN3O4S. The number of aromatic amines is 1. The van der Waals surface area contributed by atoms with Gasteiger partial charge in [0.15, 0.2) is 0 Å². The molecular weight excluding hydrogens is 349 g/mol. The van der Waals surface area contributed by atoms with Gasteiger partial charge in [-0.2, -0.15) is 13.5 Å². The van der Waals surface area contributed by atoms with Gasteiger partial charge in [-0.05, 0) is 18.2 Å². The molecule has 0 fully saturated rings. The number of hydrogen-bond acceptors (Lipinski definition) is 5. The molecule has 130 valence electrons. The molecule has 0 saturated carbocycles. The maximum Gasteiger partial charge on any atom is 0.488 e. The highest BCUT2D eigenvalue weighted by atomic mass is 32.3. The number of nitrogens with one attached hydrogen (secondary N) is 1. The van der Waals surface area contributed by atoms with Crippen molar-refractivity contribution in [2.45, 2.75) is 19.4 Å². The van der Waals surface area contributed by atoms with Gasteiger partial charge in [0.2, 0.25) is 0 Å². The Morgan fingerprint density at radius 1 is 1.48 bits per heavy atom. The molecule has 9 heteroatoms. The number of H-pyrrole nitrogens is 1. The largest absolute Gasteiger partial charge is 0.488 e. The van der Waals surface area contributed by atoms with E-state index in [1.807, 2.05) is 6.92 Å². The fourth-order valence-corrected chi connectivity index (χ4v) is 3.20. The first-order chi connectivity index (χ1) is 11.8. The molecule has 1 aliphatic rings. The van der Waals surface area contributed by atoms with Crippen molar-refractivity contribution in [3.63, 3.8) is 0 Å². The van der Waals surface area contributed by atoms with Crippen LogP contribution in [0.2, 0.25) is 0 Å². The van der Waals surface area contributed by atoms with E-state index in [1.165, 1.54) is 12.1 Å². The van der Waals surface area contributed by atoms with Crippen molar-refractivity contribution in [3.05, 3.63) is 46.8 Å². The van der Waals surface area contributed by atoms with Gasteiger partial charge in [0, 0.05) is 41.4 Å². The van der Waals surface area contributed by atoms with Gasteiger partial charge in [-0.25, -0.2) is 0 Å². The van der Waals surface area contributed by atoms with Crippen molar-refractivity contribution in [2.24, 2.45) is 0 Å². The molecule has 2 heterocycles. The normalized spacial score (nSPS) is 16.8. The lowest BCUT2D eigenvalue weighted by Crippen LogP contribution is -2.37. The number of benzene rings is 1. The highest BCUT2D eigenvalue weighted by molar-refractivity contribution is 7.81. The van der Waals surface area contributed by atoms with E-state index in [4.69, 9.17) is 6.42 Å². The van der Waals surface area contributed by atoms with E-state index < -0.39 is 10.5 Å². The van der Waals surface area contributed by atoms with Gasteiger partial charge in [0.05, 0.1) is 6.20 Å². The second-order valence-electron chi connectivity index (χ2n) is 5.76. The Kier molecular flexibility index (Phi) is 4.22. The minimum atomic E-state index is -5.22. The Hall–Kier alpha value is -2.86. The number of nitrogens with zero attached hydrogens (tertiary/aromatic N) is 2. The number of carbonyl (C=O) groups is 1. The molecule has 1 unspecified atom stereocenters. The third kappa shape index (κ3) is 3.64. The van der Waals surface area contributed by atoms with Crippen LogP contribution in [0.5, 0.6) is 5.75 Å². The molecule has 0 radical (unpaired) electrons. The fraction of sp³-hybridized carbons (Fsp3) is 0.250. The summed E-state index contributed by atoms with van der Waals surface area (Å²) in [6.07, 6.45) is 6.98. The molecule has 2 aromatic rings. The third-order valence-electron chi connectivity index (χ3n) is 3.90. The average Bonchev–Trinajstić information content (AvgIpc) is 3.01. The Morgan fingerprint density at radius 3 is 2.92 bits per heavy atom. The van der Waals surface area contributed by atoms with Crippen LogP contribution in [0, 0.1) is 12.3 Å². The fourth-order valence-electron chi connectivity index (χ4n) is 2.87. The molecule has 25 heavy (non-hydrogen) atoms. The Labute approximate surface area is 144 Å². The molecule has 1 aromatic heterocycles. The van der Waals surface area contributed by atoms with E-state index in [1.54, 1.807) is 11.1 Å². The number of aromatic nitrogens is 2. The number of amides is 1.